The van der Waals surface area contributed by atoms with E-state index in [-0.39, 0.29) is 0 Å². The van der Waals surface area contributed by atoms with Crippen LogP contribution < -0.4 is 15.8 Å². The number of thiocarbonyl (C=S) groups is 1. The minimum absolute atomic E-state index is 0.366. The van der Waals surface area contributed by atoms with Crippen LogP contribution in [0.1, 0.15) is 26.7 Å². The average Bonchev–Trinajstić information content (AvgIpc) is 3.08. The zero-order valence-electron chi connectivity index (χ0n) is 14.3. The molecule has 1 aliphatic rings. The van der Waals surface area contributed by atoms with Crippen LogP contribution in [0.4, 0.5) is 5.69 Å². The Labute approximate surface area is 154 Å². The van der Waals surface area contributed by atoms with E-state index in [1.165, 1.54) is 37.7 Å². The second-order valence-electron chi connectivity index (χ2n) is 5.74. The third-order valence-electron chi connectivity index (χ3n) is 3.86. The van der Waals surface area contributed by atoms with Crippen LogP contribution in [0.2, 0.25) is 0 Å². The van der Waals surface area contributed by atoms with Crippen molar-refractivity contribution in [3.8, 4) is 5.75 Å². The first-order valence-corrected chi connectivity index (χ1v) is 9.72. The van der Waals surface area contributed by atoms with Crippen molar-refractivity contribution in [2.75, 3.05) is 30.8 Å². The minimum Gasteiger partial charge on any atom is -0.492 e. The number of ether oxygens (including phenoxy) is 1. The molecule has 24 heavy (non-hydrogen) atoms. The van der Waals surface area contributed by atoms with Gasteiger partial charge in [0.1, 0.15) is 12.4 Å². The molecular formula is C17H26N4OS2. The van der Waals surface area contributed by atoms with Crippen molar-refractivity contribution in [1.29, 1.82) is 0 Å². The zero-order chi connectivity index (χ0) is 17.4. The quantitative estimate of drug-likeness (QED) is 0.457. The number of hydrogen-bond donors (Lipinski definition) is 2. The Morgan fingerprint density at radius 1 is 1.38 bits per heavy atom. The molecule has 7 heteroatoms. The van der Waals surface area contributed by atoms with Crippen LogP contribution in [0.25, 0.3) is 0 Å². The average molecular weight is 367 g/mol. The van der Waals surface area contributed by atoms with E-state index in [2.05, 4.69) is 22.1 Å². The summed E-state index contributed by atoms with van der Waals surface area (Å²) in [6, 6.07) is 8.19. The first-order chi connectivity index (χ1) is 11.6. The van der Waals surface area contributed by atoms with Crippen LogP contribution >= 0.6 is 24.0 Å². The molecule has 0 aromatic heterocycles. The Kier molecular flexibility index (Phi) is 7.81. The van der Waals surface area contributed by atoms with E-state index in [0.29, 0.717) is 22.9 Å². The third-order valence-corrected chi connectivity index (χ3v) is 4.73. The molecule has 0 amide bonds. The summed E-state index contributed by atoms with van der Waals surface area (Å²) >= 11 is 6.65. The van der Waals surface area contributed by atoms with Crippen LogP contribution in [0, 0.1) is 0 Å². The second kappa shape index (κ2) is 9.86. The highest BCUT2D eigenvalue weighted by molar-refractivity contribution is 8.13. The fraction of sp³-hybridized carbons (Fsp3) is 0.529. The molecule has 0 saturated carbocycles. The van der Waals surface area contributed by atoms with Crippen LogP contribution in [-0.4, -0.2) is 46.7 Å². The summed E-state index contributed by atoms with van der Waals surface area (Å²) in [4.78, 5) is 6.61. The zero-order valence-corrected chi connectivity index (χ0v) is 16.0. The highest BCUT2D eigenvalue weighted by Gasteiger charge is 2.18. The van der Waals surface area contributed by atoms with Gasteiger partial charge in [0.2, 0.25) is 0 Å². The van der Waals surface area contributed by atoms with E-state index in [9.17, 15) is 0 Å². The molecule has 1 aliphatic heterocycles. The van der Waals surface area contributed by atoms with E-state index in [1.807, 2.05) is 31.2 Å². The molecule has 1 aromatic rings. The molecule has 1 fully saturated rings. The summed E-state index contributed by atoms with van der Waals surface area (Å²) in [7, 11) is 0. The SMILES string of the molecule is CCSC(N)=NC(=S)Nc1ccc(OC[C@@H](C)N2CCCC2)cc1. The van der Waals surface area contributed by atoms with Crippen molar-refractivity contribution in [3.05, 3.63) is 24.3 Å². The lowest BCUT2D eigenvalue weighted by atomic mass is 10.3. The molecule has 5 nitrogen and oxygen atoms in total. The number of nitrogens with zero attached hydrogens (tertiary/aromatic N) is 2. The lowest BCUT2D eigenvalue weighted by Gasteiger charge is -2.23. The monoisotopic (exact) mass is 366 g/mol. The second-order valence-corrected chi connectivity index (χ2v) is 7.41. The van der Waals surface area contributed by atoms with E-state index < -0.39 is 0 Å². The Morgan fingerprint density at radius 3 is 2.67 bits per heavy atom. The molecule has 1 heterocycles. The molecule has 132 valence electrons. The van der Waals surface area contributed by atoms with Crippen LogP contribution in [0.5, 0.6) is 5.75 Å². The molecule has 2 rings (SSSR count). The van der Waals surface area contributed by atoms with E-state index in [0.717, 1.165) is 17.2 Å². The number of nitrogens with one attached hydrogen (secondary N) is 1. The van der Waals surface area contributed by atoms with Gasteiger partial charge < -0.3 is 15.8 Å². The van der Waals surface area contributed by atoms with Gasteiger partial charge in [-0.05, 0) is 75.1 Å². The van der Waals surface area contributed by atoms with E-state index in [4.69, 9.17) is 22.7 Å². The van der Waals surface area contributed by atoms with E-state index >= 15 is 0 Å². The number of rotatable bonds is 6. The minimum atomic E-state index is 0.366. The largest absolute Gasteiger partial charge is 0.492 e. The topological polar surface area (TPSA) is 62.9 Å². The maximum Gasteiger partial charge on any atom is 0.199 e. The summed E-state index contributed by atoms with van der Waals surface area (Å²) in [5.41, 5.74) is 6.62. The van der Waals surface area contributed by atoms with Crippen molar-refractivity contribution in [3.63, 3.8) is 0 Å². The predicted molar refractivity (Wildman–Crippen MR) is 108 cm³/mol. The smallest absolute Gasteiger partial charge is 0.199 e. The van der Waals surface area contributed by atoms with Crippen LogP contribution in [-0.2, 0) is 0 Å². The van der Waals surface area contributed by atoms with Crippen molar-refractivity contribution in [1.82, 2.24) is 4.90 Å². The molecule has 0 bridgehead atoms. The number of nitrogens with two attached hydrogens (primary N) is 1. The van der Waals surface area contributed by atoms with Crippen LogP contribution in [0.15, 0.2) is 29.3 Å². The fourth-order valence-corrected chi connectivity index (χ4v) is 3.30. The standard InChI is InChI=1S/C17H26N4OS2/c1-3-24-16(18)20-17(23)19-14-6-8-15(9-7-14)22-12-13(2)21-10-4-5-11-21/h6-9,13H,3-5,10-12H2,1-2H3,(H3,18,19,20,23)/t13-/m1/s1. The summed E-state index contributed by atoms with van der Waals surface area (Å²) in [6.07, 6.45) is 2.60. The van der Waals surface area contributed by atoms with E-state index in [1.54, 1.807) is 0 Å². The van der Waals surface area contributed by atoms with Gasteiger partial charge in [-0.25, -0.2) is 0 Å². The van der Waals surface area contributed by atoms with Crippen molar-refractivity contribution < 1.29 is 4.74 Å². The third kappa shape index (κ3) is 6.30. The molecule has 0 aliphatic carbocycles. The Hall–Kier alpha value is -1.31. The fourth-order valence-electron chi connectivity index (χ4n) is 2.57. The number of thioether (sulfide) groups is 1. The number of amidine groups is 1. The Morgan fingerprint density at radius 2 is 2.04 bits per heavy atom. The molecule has 0 unspecified atom stereocenters. The highest BCUT2D eigenvalue weighted by Crippen LogP contribution is 2.18. The maximum atomic E-state index is 5.88. The molecule has 1 atom stereocenters. The highest BCUT2D eigenvalue weighted by atomic mass is 32.2. The summed E-state index contributed by atoms with van der Waals surface area (Å²) in [5.74, 6) is 1.74. The Balaban J connectivity index is 1.79. The number of aliphatic imine (C=N–C) groups is 1. The lowest BCUT2D eigenvalue weighted by molar-refractivity contribution is 0.172. The Bertz CT molecular complexity index is 556. The van der Waals surface area contributed by atoms with Crippen LogP contribution in [0.3, 0.4) is 0 Å². The normalized spacial score (nSPS) is 16.8. The summed E-state index contributed by atoms with van der Waals surface area (Å²) in [5, 5.41) is 3.90. The van der Waals surface area contributed by atoms with Gasteiger partial charge in [-0.1, -0.05) is 18.7 Å². The van der Waals surface area contributed by atoms with Crippen molar-refractivity contribution >= 4 is 39.9 Å². The lowest BCUT2D eigenvalue weighted by Crippen LogP contribution is -2.34. The molecule has 1 aromatic carbocycles. The summed E-state index contributed by atoms with van der Waals surface area (Å²) in [6.45, 7) is 7.32. The summed E-state index contributed by atoms with van der Waals surface area (Å²) < 4.78 is 5.88. The van der Waals surface area contributed by atoms with Gasteiger partial charge in [0.25, 0.3) is 0 Å². The molecular weight excluding hydrogens is 340 g/mol. The van der Waals surface area contributed by atoms with Gasteiger partial charge in [0.05, 0.1) is 0 Å². The molecule has 0 radical (unpaired) electrons. The van der Waals surface area contributed by atoms with Gasteiger partial charge in [-0.2, -0.15) is 4.99 Å². The van der Waals surface area contributed by atoms with Crippen molar-refractivity contribution in [2.45, 2.75) is 32.7 Å². The number of likely N-dealkylation sites (tertiary alicyclic amines) is 1. The first-order valence-electron chi connectivity index (χ1n) is 8.33. The van der Waals surface area contributed by atoms with Gasteiger partial charge in [0, 0.05) is 11.7 Å². The first kappa shape index (κ1) is 19.0. The van der Waals surface area contributed by atoms with Gasteiger partial charge in [0.15, 0.2) is 10.3 Å². The number of hydrogen-bond acceptors (Lipinski definition) is 4. The molecule has 0 spiro atoms. The number of benzene rings is 1. The molecule has 3 N–H and O–H groups in total. The van der Waals surface area contributed by atoms with Gasteiger partial charge in [-0.3, -0.25) is 4.90 Å². The van der Waals surface area contributed by atoms with Crippen molar-refractivity contribution in [2.24, 2.45) is 10.7 Å². The van der Waals surface area contributed by atoms with Gasteiger partial charge >= 0.3 is 0 Å². The van der Waals surface area contributed by atoms with Gasteiger partial charge in [-0.15, -0.1) is 0 Å². The number of anilines is 1. The molecule has 1 saturated heterocycles. The predicted octanol–water partition coefficient (Wildman–Crippen LogP) is 3.31. The maximum absolute atomic E-state index is 5.88.